The van der Waals surface area contributed by atoms with Crippen molar-refractivity contribution in [1.29, 1.82) is 0 Å². The molecule has 7 heteroatoms. The van der Waals surface area contributed by atoms with E-state index in [1.165, 1.54) is 24.3 Å². The summed E-state index contributed by atoms with van der Waals surface area (Å²) >= 11 is 0. The normalized spacial score (nSPS) is 11.0. The lowest BCUT2D eigenvalue weighted by Gasteiger charge is -2.10. The molecule has 0 bridgehead atoms. The highest BCUT2D eigenvalue weighted by Gasteiger charge is 2.18. The lowest BCUT2D eigenvalue weighted by Crippen LogP contribution is -2.15. The Kier molecular flexibility index (Phi) is 5.96. The van der Waals surface area contributed by atoms with Gasteiger partial charge >= 0.3 is 5.97 Å². The van der Waals surface area contributed by atoms with Gasteiger partial charge in [-0.15, -0.1) is 0 Å². The average molecular weight is 398 g/mol. The first-order chi connectivity index (χ1) is 13.4. The number of sulfone groups is 1. The molecule has 0 atom stereocenters. The molecule has 1 N–H and O–H groups in total. The van der Waals surface area contributed by atoms with Gasteiger partial charge in [0.1, 0.15) is 23.9 Å². The molecule has 3 aromatic carbocycles. The summed E-state index contributed by atoms with van der Waals surface area (Å²) in [5, 5.41) is 8.68. The average Bonchev–Trinajstić information content (AvgIpc) is 2.67. The Labute approximate surface area is 162 Å². The molecule has 6 nitrogen and oxygen atoms in total. The monoisotopic (exact) mass is 398 g/mol. The van der Waals surface area contributed by atoms with E-state index in [9.17, 15) is 13.2 Å². The van der Waals surface area contributed by atoms with Gasteiger partial charge in [-0.1, -0.05) is 30.3 Å². The van der Waals surface area contributed by atoms with Crippen LogP contribution in [0.1, 0.15) is 5.56 Å². The molecular formula is C21H18O6S. The predicted molar refractivity (Wildman–Crippen MR) is 103 cm³/mol. The van der Waals surface area contributed by atoms with Crippen LogP contribution in [-0.2, 0) is 21.2 Å². The van der Waals surface area contributed by atoms with Gasteiger partial charge in [-0.3, -0.25) is 4.79 Å². The molecule has 0 aliphatic rings. The summed E-state index contributed by atoms with van der Waals surface area (Å²) in [4.78, 5) is 10.6. The molecule has 0 spiro atoms. The zero-order chi connectivity index (χ0) is 20.0. The molecular weight excluding hydrogens is 380 g/mol. The summed E-state index contributed by atoms with van der Waals surface area (Å²) in [6.07, 6.45) is 0. The van der Waals surface area contributed by atoms with Crippen LogP contribution in [0.25, 0.3) is 0 Å². The van der Waals surface area contributed by atoms with Gasteiger partial charge in [-0.2, -0.15) is 0 Å². The van der Waals surface area contributed by atoms with Crippen LogP contribution in [0.15, 0.2) is 83.8 Å². The van der Waals surface area contributed by atoms with Crippen molar-refractivity contribution < 1.29 is 27.8 Å². The molecule has 0 radical (unpaired) electrons. The number of ether oxygens (including phenoxy) is 2. The molecule has 0 aliphatic carbocycles. The minimum absolute atomic E-state index is 0.0551. The lowest BCUT2D eigenvalue weighted by atomic mass is 10.2. The first-order valence-corrected chi connectivity index (χ1v) is 10.1. The number of hydrogen-bond acceptors (Lipinski definition) is 5. The van der Waals surface area contributed by atoms with Crippen LogP contribution in [0.4, 0.5) is 0 Å². The van der Waals surface area contributed by atoms with E-state index in [1.807, 2.05) is 54.6 Å². The van der Waals surface area contributed by atoms with Crippen LogP contribution in [0, 0.1) is 0 Å². The van der Waals surface area contributed by atoms with Crippen molar-refractivity contribution in [2.75, 3.05) is 5.75 Å². The van der Waals surface area contributed by atoms with Crippen LogP contribution in [0.5, 0.6) is 17.2 Å². The Bertz CT molecular complexity index is 1040. The SMILES string of the molecule is O=C(O)CS(=O)(=O)c1ccc(OCc2cccc(Oc3ccccc3)c2)cc1. The van der Waals surface area contributed by atoms with E-state index in [-0.39, 0.29) is 11.5 Å². The van der Waals surface area contributed by atoms with Crippen LogP contribution < -0.4 is 9.47 Å². The standard InChI is InChI=1S/C21H18O6S/c22-21(23)15-28(24,25)20-11-9-17(10-12-20)26-14-16-5-4-8-19(13-16)27-18-6-2-1-3-7-18/h1-13H,14-15H2,(H,22,23). The second kappa shape index (κ2) is 8.58. The van der Waals surface area contributed by atoms with Gasteiger partial charge in [0.25, 0.3) is 0 Å². The van der Waals surface area contributed by atoms with Crippen LogP contribution >= 0.6 is 0 Å². The summed E-state index contributed by atoms with van der Waals surface area (Å²) in [6.45, 7) is 0.271. The van der Waals surface area contributed by atoms with Crippen molar-refractivity contribution in [3.63, 3.8) is 0 Å². The predicted octanol–water partition coefficient (Wildman–Crippen LogP) is 3.92. The number of benzene rings is 3. The smallest absolute Gasteiger partial charge is 0.319 e. The second-order valence-electron chi connectivity index (χ2n) is 5.98. The third-order valence-electron chi connectivity index (χ3n) is 3.78. The molecule has 0 aliphatic heterocycles. The molecule has 0 saturated carbocycles. The molecule has 3 aromatic rings. The van der Waals surface area contributed by atoms with E-state index >= 15 is 0 Å². The lowest BCUT2D eigenvalue weighted by molar-refractivity contribution is -0.134. The zero-order valence-corrected chi connectivity index (χ0v) is 15.6. The number of carbonyl (C=O) groups is 1. The maximum atomic E-state index is 11.9. The highest BCUT2D eigenvalue weighted by Crippen LogP contribution is 2.23. The Morgan fingerprint density at radius 3 is 2.18 bits per heavy atom. The molecule has 0 fully saturated rings. The third kappa shape index (κ3) is 5.34. The number of para-hydroxylation sites is 1. The maximum absolute atomic E-state index is 11.9. The minimum Gasteiger partial charge on any atom is -0.489 e. The largest absolute Gasteiger partial charge is 0.489 e. The van der Waals surface area contributed by atoms with Crippen molar-refractivity contribution in [2.45, 2.75) is 11.5 Å². The van der Waals surface area contributed by atoms with Crippen LogP contribution in [0.3, 0.4) is 0 Å². The molecule has 0 heterocycles. The third-order valence-corrected chi connectivity index (χ3v) is 5.40. The van der Waals surface area contributed by atoms with Gasteiger partial charge in [0.05, 0.1) is 4.90 Å². The zero-order valence-electron chi connectivity index (χ0n) is 14.8. The summed E-state index contributed by atoms with van der Waals surface area (Å²) in [5.41, 5.74) is 0.885. The number of carboxylic acids is 1. The van der Waals surface area contributed by atoms with Crippen LogP contribution in [-0.4, -0.2) is 25.2 Å². The van der Waals surface area contributed by atoms with Gasteiger partial charge in [0.15, 0.2) is 15.6 Å². The fraction of sp³-hybridized carbons (Fsp3) is 0.0952. The molecule has 0 aromatic heterocycles. The first-order valence-electron chi connectivity index (χ1n) is 8.42. The number of carboxylic acid groups (broad SMARTS) is 1. The Hall–Kier alpha value is -3.32. The minimum atomic E-state index is -3.85. The van der Waals surface area contributed by atoms with Crippen molar-refractivity contribution in [3.8, 4) is 17.2 Å². The van der Waals surface area contributed by atoms with E-state index in [0.29, 0.717) is 11.5 Å². The molecule has 0 amide bonds. The van der Waals surface area contributed by atoms with Gasteiger partial charge in [0.2, 0.25) is 0 Å². The van der Waals surface area contributed by atoms with Gasteiger partial charge in [-0.25, -0.2) is 8.42 Å². The Balaban J connectivity index is 1.63. The maximum Gasteiger partial charge on any atom is 0.319 e. The molecule has 144 valence electrons. The summed E-state index contributed by atoms with van der Waals surface area (Å²) in [7, 11) is -3.85. The first kappa shape index (κ1) is 19.4. The van der Waals surface area contributed by atoms with Crippen molar-refractivity contribution in [1.82, 2.24) is 0 Å². The number of rotatable bonds is 8. The highest BCUT2D eigenvalue weighted by molar-refractivity contribution is 7.92. The highest BCUT2D eigenvalue weighted by atomic mass is 32.2. The van der Waals surface area contributed by atoms with Crippen molar-refractivity contribution in [2.24, 2.45) is 0 Å². The molecule has 3 rings (SSSR count). The molecule has 0 unspecified atom stereocenters. The molecule has 28 heavy (non-hydrogen) atoms. The fourth-order valence-corrected chi connectivity index (χ4v) is 3.52. The Morgan fingerprint density at radius 1 is 0.821 bits per heavy atom. The van der Waals surface area contributed by atoms with Crippen molar-refractivity contribution in [3.05, 3.63) is 84.4 Å². The topological polar surface area (TPSA) is 89.9 Å². The van der Waals surface area contributed by atoms with Gasteiger partial charge < -0.3 is 14.6 Å². The van der Waals surface area contributed by atoms with Crippen molar-refractivity contribution >= 4 is 15.8 Å². The summed E-state index contributed by atoms with van der Waals surface area (Å²) < 4.78 is 35.2. The second-order valence-corrected chi connectivity index (χ2v) is 7.96. The van der Waals surface area contributed by atoms with Gasteiger partial charge in [-0.05, 0) is 54.1 Å². The number of hydrogen-bond donors (Lipinski definition) is 1. The number of aliphatic carboxylic acids is 1. The van der Waals surface area contributed by atoms with E-state index in [4.69, 9.17) is 14.6 Å². The van der Waals surface area contributed by atoms with E-state index in [1.54, 1.807) is 0 Å². The summed E-state index contributed by atoms with van der Waals surface area (Å²) in [6, 6.07) is 22.6. The Morgan fingerprint density at radius 2 is 1.50 bits per heavy atom. The fourth-order valence-electron chi connectivity index (χ4n) is 2.48. The van der Waals surface area contributed by atoms with E-state index in [2.05, 4.69) is 0 Å². The molecule has 0 saturated heterocycles. The van der Waals surface area contributed by atoms with Gasteiger partial charge in [0, 0.05) is 0 Å². The van der Waals surface area contributed by atoms with Crippen LogP contribution in [0.2, 0.25) is 0 Å². The quantitative estimate of drug-likeness (QED) is 0.619. The van der Waals surface area contributed by atoms with E-state index < -0.39 is 21.6 Å². The van der Waals surface area contributed by atoms with E-state index in [0.717, 1.165) is 11.3 Å². The summed E-state index contributed by atoms with van der Waals surface area (Å²) in [5.74, 6) is -0.441.